The Balaban J connectivity index is 3.00. The normalized spacial score (nSPS) is 12.4. The van der Waals surface area contributed by atoms with Gasteiger partial charge >= 0.3 is 6.18 Å². The summed E-state index contributed by atoms with van der Waals surface area (Å²) < 4.78 is 38.0. The first-order chi connectivity index (χ1) is 8.62. The summed E-state index contributed by atoms with van der Waals surface area (Å²) in [6.07, 6.45) is -4.55. The summed E-state index contributed by atoms with van der Waals surface area (Å²) in [6.45, 7) is 8.75. The number of hydrogen-bond acceptors (Lipinski definition) is 4. The fourth-order valence-electron chi connectivity index (χ4n) is 1.29. The smallest absolute Gasteiger partial charge is 0.370 e. The SMILES string of the molecule is CCNc1cc(NCC(C)(C)C)nc(C(F)(F)F)n1. The van der Waals surface area contributed by atoms with Gasteiger partial charge in [-0.3, -0.25) is 0 Å². The van der Waals surface area contributed by atoms with Crippen LogP contribution in [0.2, 0.25) is 0 Å². The Labute approximate surface area is 110 Å². The van der Waals surface area contributed by atoms with Gasteiger partial charge in [-0.15, -0.1) is 0 Å². The molecule has 0 fully saturated rings. The van der Waals surface area contributed by atoms with E-state index in [1.165, 1.54) is 6.07 Å². The number of nitrogens with zero attached hydrogens (tertiary/aromatic N) is 2. The van der Waals surface area contributed by atoms with Crippen LogP contribution in [-0.2, 0) is 6.18 Å². The van der Waals surface area contributed by atoms with E-state index in [0.717, 1.165) is 0 Å². The summed E-state index contributed by atoms with van der Waals surface area (Å²) in [6, 6.07) is 1.48. The number of hydrogen-bond donors (Lipinski definition) is 2. The summed E-state index contributed by atoms with van der Waals surface area (Å²) in [5.41, 5.74) is -0.0539. The van der Waals surface area contributed by atoms with Crippen LogP contribution >= 0.6 is 0 Å². The maximum Gasteiger partial charge on any atom is 0.451 e. The van der Waals surface area contributed by atoms with Gasteiger partial charge in [-0.2, -0.15) is 13.2 Å². The van der Waals surface area contributed by atoms with Crippen LogP contribution in [0.3, 0.4) is 0 Å². The quantitative estimate of drug-likeness (QED) is 0.885. The predicted octanol–water partition coefficient (Wildman–Crippen LogP) is 3.39. The Morgan fingerprint density at radius 3 is 2.00 bits per heavy atom. The maximum absolute atomic E-state index is 12.7. The molecule has 0 bridgehead atoms. The van der Waals surface area contributed by atoms with Gasteiger partial charge in [-0.1, -0.05) is 20.8 Å². The Hall–Kier alpha value is -1.53. The van der Waals surface area contributed by atoms with Crippen molar-refractivity contribution in [3.8, 4) is 0 Å². The van der Waals surface area contributed by atoms with Crippen LogP contribution in [0.5, 0.6) is 0 Å². The predicted molar refractivity (Wildman–Crippen MR) is 69.1 cm³/mol. The van der Waals surface area contributed by atoms with Gasteiger partial charge in [-0.05, 0) is 12.3 Å². The standard InChI is InChI=1S/C12H19F3N4/c1-5-16-8-6-9(17-7-11(2,3)4)19-10(18-8)12(13,14)15/h6H,5,7H2,1-4H3,(H2,16,17,18,19). The number of alkyl halides is 3. The molecule has 1 rings (SSSR count). The van der Waals surface area contributed by atoms with Crippen molar-refractivity contribution in [2.75, 3.05) is 23.7 Å². The molecule has 19 heavy (non-hydrogen) atoms. The van der Waals surface area contributed by atoms with E-state index in [-0.39, 0.29) is 17.1 Å². The first kappa shape index (κ1) is 15.5. The highest BCUT2D eigenvalue weighted by Gasteiger charge is 2.35. The zero-order valence-electron chi connectivity index (χ0n) is 11.5. The Morgan fingerprint density at radius 1 is 1.05 bits per heavy atom. The lowest BCUT2D eigenvalue weighted by Crippen LogP contribution is -2.21. The van der Waals surface area contributed by atoms with E-state index >= 15 is 0 Å². The van der Waals surface area contributed by atoms with E-state index in [9.17, 15) is 13.2 Å². The molecule has 0 radical (unpaired) electrons. The van der Waals surface area contributed by atoms with Crippen LogP contribution in [0.25, 0.3) is 0 Å². The van der Waals surface area contributed by atoms with E-state index < -0.39 is 12.0 Å². The molecule has 2 N–H and O–H groups in total. The zero-order valence-corrected chi connectivity index (χ0v) is 11.5. The molecular weight excluding hydrogens is 257 g/mol. The zero-order chi connectivity index (χ0) is 14.7. The average Bonchev–Trinajstić information content (AvgIpc) is 2.24. The summed E-state index contributed by atoms with van der Waals surface area (Å²) in [5.74, 6) is -0.795. The van der Waals surface area contributed by atoms with Crippen LogP contribution < -0.4 is 10.6 Å². The van der Waals surface area contributed by atoms with Gasteiger partial charge in [0, 0.05) is 19.2 Å². The van der Waals surface area contributed by atoms with Gasteiger partial charge in [0.1, 0.15) is 11.6 Å². The third kappa shape index (κ3) is 5.32. The van der Waals surface area contributed by atoms with Crippen LogP contribution in [0.1, 0.15) is 33.5 Å². The van der Waals surface area contributed by atoms with Crippen LogP contribution in [0.15, 0.2) is 6.07 Å². The van der Waals surface area contributed by atoms with E-state index in [2.05, 4.69) is 20.6 Å². The minimum Gasteiger partial charge on any atom is -0.370 e. The van der Waals surface area contributed by atoms with Crippen molar-refractivity contribution in [2.24, 2.45) is 5.41 Å². The van der Waals surface area contributed by atoms with E-state index in [1.54, 1.807) is 6.92 Å². The fraction of sp³-hybridized carbons (Fsp3) is 0.667. The second-order valence-corrected chi connectivity index (χ2v) is 5.40. The molecule has 0 saturated carbocycles. The van der Waals surface area contributed by atoms with Gasteiger partial charge in [0.2, 0.25) is 5.82 Å². The monoisotopic (exact) mass is 276 g/mol. The molecule has 0 spiro atoms. The minimum atomic E-state index is -4.55. The summed E-state index contributed by atoms with van der Waals surface area (Å²) in [4.78, 5) is 6.95. The molecule has 0 aliphatic heterocycles. The molecule has 1 aromatic heterocycles. The van der Waals surface area contributed by atoms with Crippen molar-refractivity contribution in [1.29, 1.82) is 0 Å². The van der Waals surface area contributed by atoms with Crippen LogP contribution in [0.4, 0.5) is 24.8 Å². The highest BCUT2D eigenvalue weighted by atomic mass is 19.4. The topological polar surface area (TPSA) is 49.8 Å². The van der Waals surface area contributed by atoms with Gasteiger partial charge in [0.15, 0.2) is 0 Å². The van der Waals surface area contributed by atoms with Gasteiger partial charge in [-0.25, -0.2) is 9.97 Å². The van der Waals surface area contributed by atoms with Crippen molar-refractivity contribution in [1.82, 2.24) is 9.97 Å². The van der Waals surface area contributed by atoms with Crippen LogP contribution in [-0.4, -0.2) is 23.1 Å². The summed E-state index contributed by atoms with van der Waals surface area (Å²) >= 11 is 0. The molecule has 0 aliphatic rings. The van der Waals surface area contributed by atoms with Crippen molar-refractivity contribution in [3.63, 3.8) is 0 Å². The second-order valence-electron chi connectivity index (χ2n) is 5.40. The highest BCUT2D eigenvalue weighted by Crippen LogP contribution is 2.28. The van der Waals surface area contributed by atoms with E-state index in [0.29, 0.717) is 13.1 Å². The van der Waals surface area contributed by atoms with Crippen LogP contribution in [0, 0.1) is 5.41 Å². The molecule has 0 saturated heterocycles. The second kappa shape index (κ2) is 5.63. The lowest BCUT2D eigenvalue weighted by atomic mass is 9.97. The number of nitrogens with one attached hydrogen (secondary N) is 2. The Bertz CT molecular complexity index is 424. The molecule has 108 valence electrons. The lowest BCUT2D eigenvalue weighted by molar-refractivity contribution is -0.144. The van der Waals surface area contributed by atoms with Crippen molar-refractivity contribution < 1.29 is 13.2 Å². The number of aromatic nitrogens is 2. The first-order valence-electron chi connectivity index (χ1n) is 6.06. The average molecular weight is 276 g/mol. The molecule has 0 aromatic carbocycles. The maximum atomic E-state index is 12.7. The largest absolute Gasteiger partial charge is 0.451 e. The molecule has 7 heteroatoms. The lowest BCUT2D eigenvalue weighted by Gasteiger charge is -2.20. The molecule has 0 amide bonds. The summed E-state index contributed by atoms with van der Waals surface area (Å²) in [7, 11) is 0. The van der Waals surface area contributed by atoms with Crippen molar-refractivity contribution in [2.45, 2.75) is 33.9 Å². The molecule has 1 heterocycles. The summed E-state index contributed by atoms with van der Waals surface area (Å²) in [5, 5.41) is 5.67. The molecule has 1 aromatic rings. The highest BCUT2D eigenvalue weighted by molar-refractivity contribution is 5.47. The molecule has 0 unspecified atom stereocenters. The van der Waals surface area contributed by atoms with E-state index in [4.69, 9.17) is 0 Å². The third-order valence-corrected chi connectivity index (χ3v) is 2.14. The number of anilines is 2. The van der Waals surface area contributed by atoms with E-state index in [1.807, 2.05) is 20.8 Å². The van der Waals surface area contributed by atoms with Gasteiger partial charge in [0.05, 0.1) is 0 Å². The van der Waals surface area contributed by atoms with Gasteiger partial charge in [0.25, 0.3) is 0 Å². The third-order valence-electron chi connectivity index (χ3n) is 2.14. The number of halogens is 3. The van der Waals surface area contributed by atoms with Gasteiger partial charge < -0.3 is 10.6 Å². The number of rotatable bonds is 4. The Kier molecular flexibility index (Phi) is 4.60. The van der Waals surface area contributed by atoms with Crippen molar-refractivity contribution >= 4 is 11.6 Å². The van der Waals surface area contributed by atoms with Crippen molar-refractivity contribution in [3.05, 3.63) is 11.9 Å². The Morgan fingerprint density at radius 2 is 1.58 bits per heavy atom. The molecule has 4 nitrogen and oxygen atoms in total. The molecular formula is C12H19F3N4. The minimum absolute atomic E-state index is 0.0539. The molecule has 0 atom stereocenters. The first-order valence-corrected chi connectivity index (χ1v) is 6.06. The molecule has 0 aliphatic carbocycles. The fourth-order valence-corrected chi connectivity index (χ4v) is 1.29.